The van der Waals surface area contributed by atoms with Crippen LogP contribution < -0.4 is 10.1 Å². The number of anilines is 1. The average Bonchev–Trinajstić information content (AvgIpc) is 2.96. The van der Waals surface area contributed by atoms with Crippen LogP contribution in [-0.2, 0) is 0 Å². The summed E-state index contributed by atoms with van der Waals surface area (Å²) in [5.41, 5.74) is 1.93. The molecule has 1 N–H and O–H groups in total. The van der Waals surface area contributed by atoms with Crippen molar-refractivity contribution in [3.63, 3.8) is 0 Å². The standard InChI is InChI=1S/C17H15ClN4O2/c1-11-9-16(22(21-11)13-5-7-19-8-6-13)20-17(23)14-10-12(18)3-4-15(14)24-2/h3-10H,1-2H3,(H,20,23). The van der Waals surface area contributed by atoms with Crippen molar-refractivity contribution in [3.05, 3.63) is 65.1 Å². The Balaban J connectivity index is 1.95. The highest BCUT2D eigenvalue weighted by molar-refractivity contribution is 6.31. The first-order valence-electron chi connectivity index (χ1n) is 7.20. The number of nitrogens with zero attached hydrogens (tertiary/aromatic N) is 3. The number of aryl methyl sites for hydroxylation is 1. The monoisotopic (exact) mass is 342 g/mol. The lowest BCUT2D eigenvalue weighted by Gasteiger charge is -2.11. The van der Waals surface area contributed by atoms with E-state index in [0.29, 0.717) is 22.2 Å². The van der Waals surface area contributed by atoms with Crippen molar-refractivity contribution in [1.29, 1.82) is 0 Å². The highest BCUT2D eigenvalue weighted by atomic mass is 35.5. The summed E-state index contributed by atoms with van der Waals surface area (Å²) in [6.45, 7) is 1.85. The summed E-state index contributed by atoms with van der Waals surface area (Å²) < 4.78 is 6.87. The molecule has 0 unspecified atom stereocenters. The number of pyridine rings is 1. The summed E-state index contributed by atoms with van der Waals surface area (Å²) in [5.74, 6) is 0.666. The zero-order valence-electron chi connectivity index (χ0n) is 13.2. The van der Waals surface area contributed by atoms with Crippen LogP contribution in [-0.4, -0.2) is 27.8 Å². The van der Waals surface area contributed by atoms with Gasteiger partial charge in [-0.3, -0.25) is 9.78 Å². The second kappa shape index (κ2) is 6.72. The van der Waals surface area contributed by atoms with Gasteiger partial charge in [-0.25, -0.2) is 4.68 Å². The number of aromatic nitrogens is 3. The van der Waals surface area contributed by atoms with Crippen LogP contribution in [0.1, 0.15) is 16.1 Å². The molecule has 3 aromatic rings. The molecule has 0 aliphatic carbocycles. The molecule has 6 nitrogen and oxygen atoms in total. The van der Waals surface area contributed by atoms with Crippen molar-refractivity contribution >= 4 is 23.3 Å². The Hall–Kier alpha value is -2.86. The van der Waals surface area contributed by atoms with Crippen molar-refractivity contribution in [3.8, 4) is 11.4 Å². The third kappa shape index (κ3) is 3.23. The molecule has 0 fully saturated rings. The van der Waals surface area contributed by atoms with Gasteiger partial charge < -0.3 is 10.1 Å². The fraction of sp³-hybridized carbons (Fsp3) is 0.118. The molecular formula is C17H15ClN4O2. The van der Waals surface area contributed by atoms with Crippen molar-refractivity contribution in [2.45, 2.75) is 6.92 Å². The van der Waals surface area contributed by atoms with Gasteiger partial charge in [-0.15, -0.1) is 0 Å². The molecule has 0 saturated heterocycles. The Morgan fingerprint density at radius 2 is 1.96 bits per heavy atom. The van der Waals surface area contributed by atoms with E-state index in [-0.39, 0.29) is 5.91 Å². The highest BCUT2D eigenvalue weighted by Crippen LogP contribution is 2.24. The van der Waals surface area contributed by atoms with Crippen molar-refractivity contribution in [2.75, 3.05) is 12.4 Å². The number of rotatable bonds is 4. The second-order valence-electron chi connectivity index (χ2n) is 5.09. The lowest BCUT2D eigenvalue weighted by molar-refractivity contribution is 0.102. The zero-order chi connectivity index (χ0) is 17.1. The molecule has 2 aromatic heterocycles. The molecule has 1 aromatic carbocycles. The van der Waals surface area contributed by atoms with Gasteiger partial charge in [0.2, 0.25) is 0 Å². The predicted octanol–water partition coefficient (Wildman–Crippen LogP) is 3.49. The van der Waals surface area contributed by atoms with Gasteiger partial charge in [-0.1, -0.05) is 11.6 Å². The van der Waals surface area contributed by atoms with E-state index in [9.17, 15) is 4.79 Å². The molecule has 1 amide bonds. The number of ether oxygens (including phenoxy) is 1. The van der Waals surface area contributed by atoms with E-state index in [4.69, 9.17) is 16.3 Å². The Kier molecular flexibility index (Phi) is 4.48. The van der Waals surface area contributed by atoms with Crippen LogP contribution >= 0.6 is 11.6 Å². The minimum absolute atomic E-state index is 0.329. The third-order valence-electron chi connectivity index (χ3n) is 3.39. The number of amides is 1. The predicted molar refractivity (Wildman–Crippen MR) is 92.1 cm³/mol. The Bertz CT molecular complexity index is 878. The lowest BCUT2D eigenvalue weighted by Crippen LogP contribution is -2.16. The maximum Gasteiger partial charge on any atom is 0.260 e. The van der Waals surface area contributed by atoms with Crippen molar-refractivity contribution in [2.24, 2.45) is 0 Å². The first kappa shape index (κ1) is 16.0. The van der Waals surface area contributed by atoms with Crippen molar-refractivity contribution in [1.82, 2.24) is 14.8 Å². The van der Waals surface area contributed by atoms with Gasteiger partial charge in [0.15, 0.2) is 0 Å². The van der Waals surface area contributed by atoms with Gasteiger partial charge in [0.25, 0.3) is 5.91 Å². The Morgan fingerprint density at radius 1 is 1.21 bits per heavy atom. The summed E-state index contributed by atoms with van der Waals surface area (Å²) >= 11 is 5.99. The van der Waals surface area contributed by atoms with Crippen LogP contribution in [0.3, 0.4) is 0 Å². The van der Waals surface area contributed by atoms with E-state index in [0.717, 1.165) is 11.4 Å². The molecule has 0 aliphatic heterocycles. The molecule has 0 radical (unpaired) electrons. The van der Waals surface area contributed by atoms with E-state index in [1.54, 1.807) is 41.3 Å². The van der Waals surface area contributed by atoms with E-state index >= 15 is 0 Å². The van der Waals surface area contributed by atoms with Gasteiger partial charge in [-0.05, 0) is 37.3 Å². The normalized spacial score (nSPS) is 10.5. The molecular weight excluding hydrogens is 328 g/mol. The topological polar surface area (TPSA) is 69.0 Å². The fourth-order valence-corrected chi connectivity index (χ4v) is 2.48. The maximum absolute atomic E-state index is 12.6. The molecule has 0 aliphatic rings. The number of carbonyl (C=O) groups excluding carboxylic acids is 1. The van der Waals surface area contributed by atoms with Gasteiger partial charge in [0.05, 0.1) is 24.1 Å². The summed E-state index contributed by atoms with van der Waals surface area (Å²) in [7, 11) is 1.51. The van der Waals surface area contributed by atoms with E-state index in [2.05, 4.69) is 15.4 Å². The molecule has 2 heterocycles. The quantitative estimate of drug-likeness (QED) is 0.788. The second-order valence-corrected chi connectivity index (χ2v) is 5.52. The van der Waals surface area contributed by atoms with E-state index < -0.39 is 0 Å². The summed E-state index contributed by atoms with van der Waals surface area (Å²) in [6, 6.07) is 10.3. The number of nitrogens with one attached hydrogen (secondary N) is 1. The van der Waals surface area contributed by atoms with Crippen LogP contribution in [0.2, 0.25) is 5.02 Å². The van der Waals surface area contributed by atoms with Crippen LogP contribution in [0.5, 0.6) is 5.75 Å². The molecule has 0 atom stereocenters. The molecule has 0 saturated carbocycles. The first-order chi connectivity index (χ1) is 11.6. The molecule has 0 bridgehead atoms. The van der Waals surface area contributed by atoms with E-state index in [1.165, 1.54) is 7.11 Å². The number of hydrogen-bond acceptors (Lipinski definition) is 4. The van der Waals surface area contributed by atoms with Gasteiger partial charge in [-0.2, -0.15) is 5.10 Å². The zero-order valence-corrected chi connectivity index (χ0v) is 13.9. The van der Waals surface area contributed by atoms with Gasteiger partial charge >= 0.3 is 0 Å². The smallest absolute Gasteiger partial charge is 0.260 e. The minimum Gasteiger partial charge on any atom is -0.496 e. The fourth-order valence-electron chi connectivity index (χ4n) is 2.31. The SMILES string of the molecule is COc1ccc(Cl)cc1C(=O)Nc1cc(C)nn1-c1ccncc1. The summed E-state index contributed by atoms with van der Waals surface area (Å²) in [6.07, 6.45) is 3.33. The molecule has 24 heavy (non-hydrogen) atoms. The Morgan fingerprint density at radius 3 is 2.67 bits per heavy atom. The average molecular weight is 343 g/mol. The van der Waals surface area contributed by atoms with Crippen LogP contribution in [0.25, 0.3) is 5.69 Å². The Labute approximate surface area is 144 Å². The molecule has 0 spiro atoms. The number of benzene rings is 1. The molecule has 3 rings (SSSR count). The minimum atomic E-state index is -0.329. The number of hydrogen-bond donors (Lipinski definition) is 1. The lowest BCUT2D eigenvalue weighted by atomic mass is 10.2. The van der Waals surface area contributed by atoms with E-state index in [1.807, 2.05) is 19.1 Å². The first-order valence-corrected chi connectivity index (χ1v) is 7.58. The van der Waals surface area contributed by atoms with Gasteiger partial charge in [0, 0.05) is 23.5 Å². The summed E-state index contributed by atoms with van der Waals surface area (Å²) in [4.78, 5) is 16.6. The number of methoxy groups -OCH3 is 1. The largest absolute Gasteiger partial charge is 0.496 e. The van der Waals surface area contributed by atoms with Crippen LogP contribution in [0, 0.1) is 6.92 Å². The highest BCUT2D eigenvalue weighted by Gasteiger charge is 2.16. The van der Waals surface area contributed by atoms with Crippen molar-refractivity contribution < 1.29 is 9.53 Å². The third-order valence-corrected chi connectivity index (χ3v) is 3.62. The summed E-state index contributed by atoms with van der Waals surface area (Å²) in [5, 5.41) is 7.71. The van der Waals surface area contributed by atoms with Gasteiger partial charge in [0.1, 0.15) is 11.6 Å². The van der Waals surface area contributed by atoms with Crippen LogP contribution in [0.4, 0.5) is 5.82 Å². The molecule has 122 valence electrons. The van der Waals surface area contributed by atoms with Crippen LogP contribution in [0.15, 0.2) is 48.8 Å². The number of halogens is 1. The number of carbonyl (C=O) groups is 1. The molecule has 7 heteroatoms. The maximum atomic E-state index is 12.6.